The van der Waals surface area contributed by atoms with E-state index < -0.39 is 24.1 Å². The molecule has 8 nitrogen and oxygen atoms in total. The number of ether oxygens (including phenoxy) is 2. The van der Waals surface area contributed by atoms with Crippen LogP contribution in [0.25, 0.3) is 0 Å². The maximum absolute atomic E-state index is 12.9. The minimum Gasteiger partial charge on any atom is -0.507 e. The van der Waals surface area contributed by atoms with Gasteiger partial charge in [0, 0.05) is 11.6 Å². The van der Waals surface area contributed by atoms with Gasteiger partial charge in [0.25, 0.3) is 5.91 Å². The average molecular weight is 433 g/mol. The molecule has 0 bridgehead atoms. The van der Waals surface area contributed by atoms with Crippen LogP contribution < -0.4 is 14.8 Å². The molecule has 0 radical (unpaired) electrons. The van der Waals surface area contributed by atoms with Crippen LogP contribution in [0.1, 0.15) is 31.4 Å². The number of hydrogen-bond acceptors (Lipinski definition) is 6. The van der Waals surface area contributed by atoms with E-state index >= 15 is 0 Å². The van der Waals surface area contributed by atoms with Crippen LogP contribution in [0.3, 0.4) is 0 Å². The summed E-state index contributed by atoms with van der Waals surface area (Å²) in [5.74, 6) is -0.380. The van der Waals surface area contributed by atoms with Gasteiger partial charge in [0.2, 0.25) is 0 Å². The molecular weight excluding hydrogens is 412 g/mol. The summed E-state index contributed by atoms with van der Waals surface area (Å²) in [5, 5.41) is 17.2. The van der Waals surface area contributed by atoms with E-state index in [0.29, 0.717) is 22.9 Å². The van der Waals surface area contributed by atoms with Gasteiger partial charge in [-0.15, -0.1) is 5.01 Å². The quantitative estimate of drug-likeness (QED) is 0.490. The van der Waals surface area contributed by atoms with Gasteiger partial charge in [0.1, 0.15) is 22.8 Å². The summed E-state index contributed by atoms with van der Waals surface area (Å²) in [4.78, 5) is 25.2. The Labute approximate surface area is 177 Å². The van der Waals surface area contributed by atoms with Crippen LogP contribution in [0, 0.1) is 0 Å². The Morgan fingerprint density at radius 3 is 2.48 bits per heavy atom. The highest BCUT2D eigenvalue weighted by atomic mass is 19.3. The lowest BCUT2D eigenvalue weighted by molar-refractivity contribution is -0.131. The minimum atomic E-state index is -2.97. The lowest BCUT2D eigenvalue weighted by atomic mass is 9.92. The van der Waals surface area contributed by atoms with E-state index in [1.807, 2.05) is 6.92 Å². The summed E-state index contributed by atoms with van der Waals surface area (Å²) in [6.07, 6.45) is 2.00. The number of alkyl halides is 2. The van der Waals surface area contributed by atoms with Gasteiger partial charge in [-0.2, -0.15) is 13.9 Å². The molecule has 1 saturated heterocycles. The first-order valence-corrected chi connectivity index (χ1v) is 9.46. The number of nitrogens with one attached hydrogen (secondary N) is 1. The summed E-state index contributed by atoms with van der Waals surface area (Å²) < 4.78 is 34.3. The number of phenolic OH excluding ortho intramolecular Hbond substituents is 1. The molecule has 0 saturated carbocycles. The molecular formula is C21H21F2N3O5. The first kappa shape index (κ1) is 22.0. The number of phenols is 1. The summed E-state index contributed by atoms with van der Waals surface area (Å²) in [6.45, 7) is 0.965. The third-order valence-corrected chi connectivity index (χ3v) is 4.61. The number of halogens is 2. The largest absolute Gasteiger partial charge is 0.507 e. The Kier molecular flexibility index (Phi) is 6.38. The first-order chi connectivity index (χ1) is 14.7. The lowest BCUT2D eigenvalue weighted by Crippen LogP contribution is -2.40. The molecule has 2 N–H and O–H groups in total. The van der Waals surface area contributed by atoms with Crippen molar-refractivity contribution in [3.05, 3.63) is 53.6 Å². The summed E-state index contributed by atoms with van der Waals surface area (Å²) in [6, 6.07) is 9.19. The zero-order chi connectivity index (χ0) is 22.6. The maximum Gasteiger partial charge on any atom is 0.387 e. The number of rotatable bonds is 8. The standard InChI is InChI=1S/C21H21F2N3O5/c1-3-10-30-16-7-4-13(17(27)11-16)12-24-26-18(28)21(2,25-20(26)29)14-5-8-15(9-6-14)31-19(22)23/h4-9,11-12,19,27H,3,10H2,1-2H3,(H,25,29)/b24-12+/t21-/m1/s1. The molecule has 1 aliphatic heterocycles. The number of urea groups is 1. The number of benzene rings is 2. The lowest BCUT2D eigenvalue weighted by Gasteiger charge is -2.21. The third kappa shape index (κ3) is 4.73. The number of hydrazone groups is 1. The van der Waals surface area contributed by atoms with Crippen molar-refractivity contribution >= 4 is 18.2 Å². The first-order valence-electron chi connectivity index (χ1n) is 9.46. The molecule has 164 valence electrons. The van der Waals surface area contributed by atoms with Crippen LogP contribution in [0.2, 0.25) is 0 Å². The van der Waals surface area contributed by atoms with Gasteiger partial charge in [-0.3, -0.25) is 4.79 Å². The number of amides is 3. The average Bonchev–Trinajstić information content (AvgIpc) is 2.95. The Morgan fingerprint density at radius 1 is 1.19 bits per heavy atom. The van der Waals surface area contributed by atoms with Gasteiger partial charge in [-0.25, -0.2) is 4.79 Å². The topological polar surface area (TPSA) is 100 Å². The molecule has 0 aromatic heterocycles. The van der Waals surface area contributed by atoms with Crippen LogP contribution in [0.15, 0.2) is 47.6 Å². The highest BCUT2D eigenvalue weighted by Crippen LogP contribution is 2.31. The predicted octanol–water partition coefficient (Wildman–Crippen LogP) is 3.58. The summed E-state index contributed by atoms with van der Waals surface area (Å²) >= 11 is 0. The Hall–Kier alpha value is -3.69. The second kappa shape index (κ2) is 8.99. The Bertz CT molecular complexity index is 997. The van der Waals surface area contributed by atoms with Gasteiger partial charge in [-0.1, -0.05) is 19.1 Å². The molecule has 1 atom stereocenters. The summed E-state index contributed by atoms with van der Waals surface area (Å²) in [5.41, 5.74) is -0.797. The number of carbonyl (C=O) groups excluding carboxylic acids is 2. The maximum atomic E-state index is 12.9. The van der Waals surface area contributed by atoms with Gasteiger partial charge in [0.15, 0.2) is 0 Å². The fraction of sp³-hybridized carbons (Fsp3) is 0.286. The molecule has 0 unspecified atom stereocenters. The zero-order valence-electron chi connectivity index (χ0n) is 16.8. The van der Waals surface area contributed by atoms with E-state index in [0.717, 1.165) is 6.42 Å². The number of nitrogens with zero attached hydrogens (tertiary/aromatic N) is 2. The molecule has 10 heteroatoms. The monoisotopic (exact) mass is 433 g/mol. The van der Waals surface area contributed by atoms with E-state index in [1.165, 1.54) is 43.5 Å². The Balaban J connectivity index is 1.77. The molecule has 3 rings (SSSR count). The molecule has 0 aliphatic carbocycles. The van der Waals surface area contributed by atoms with Crippen LogP contribution in [0.4, 0.5) is 13.6 Å². The van der Waals surface area contributed by atoms with Crippen molar-refractivity contribution < 1.29 is 33.0 Å². The zero-order valence-corrected chi connectivity index (χ0v) is 16.8. The van der Waals surface area contributed by atoms with Crippen molar-refractivity contribution in [2.75, 3.05) is 6.61 Å². The van der Waals surface area contributed by atoms with E-state index in [-0.39, 0.29) is 17.1 Å². The fourth-order valence-electron chi connectivity index (χ4n) is 2.96. The molecule has 0 spiro atoms. The molecule has 1 aliphatic rings. The van der Waals surface area contributed by atoms with Crippen LogP contribution in [-0.2, 0) is 10.3 Å². The number of imide groups is 1. The molecule has 2 aromatic rings. The number of carbonyl (C=O) groups is 2. The van der Waals surface area contributed by atoms with Crippen molar-refractivity contribution in [2.45, 2.75) is 32.4 Å². The second-order valence-corrected chi connectivity index (χ2v) is 6.89. The van der Waals surface area contributed by atoms with E-state index in [4.69, 9.17) is 4.74 Å². The molecule has 1 heterocycles. The normalized spacial score (nSPS) is 18.7. The molecule has 3 amide bonds. The summed E-state index contributed by atoms with van der Waals surface area (Å²) in [7, 11) is 0. The highest BCUT2D eigenvalue weighted by Gasteiger charge is 2.49. The number of aromatic hydroxyl groups is 1. The van der Waals surface area contributed by atoms with Crippen molar-refractivity contribution in [3.8, 4) is 17.2 Å². The van der Waals surface area contributed by atoms with Crippen LogP contribution in [0.5, 0.6) is 17.2 Å². The molecule has 31 heavy (non-hydrogen) atoms. The van der Waals surface area contributed by atoms with Gasteiger partial charge < -0.3 is 19.9 Å². The predicted molar refractivity (Wildman–Crippen MR) is 107 cm³/mol. The smallest absolute Gasteiger partial charge is 0.387 e. The fourth-order valence-corrected chi connectivity index (χ4v) is 2.96. The van der Waals surface area contributed by atoms with Crippen LogP contribution >= 0.6 is 0 Å². The minimum absolute atomic E-state index is 0.0733. The molecule has 1 fully saturated rings. The van der Waals surface area contributed by atoms with E-state index in [2.05, 4.69) is 15.2 Å². The van der Waals surface area contributed by atoms with Crippen molar-refractivity contribution in [1.82, 2.24) is 10.3 Å². The van der Waals surface area contributed by atoms with Crippen LogP contribution in [-0.4, -0.2) is 41.5 Å². The SMILES string of the molecule is CCCOc1ccc(/C=N/N2C(=O)N[C@](C)(c3ccc(OC(F)F)cc3)C2=O)c(O)c1. The molecule has 2 aromatic carbocycles. The van der Waals surface area contributed by atoms with Crippen molar-refractivity contribution in [1.29, 1.82) is 0 Å². The highest BCUT2D eigenvalue weighted by molar-refractivity contribution is 6.07. The van der Waals surface area contributed by atoms with E-state index in [9.17, 15) is 23.5 Å². The van der Waals surface area contributed by atoms with Gasteiger partial charge in [0.05, 0.1) is 12.8 Å². The third-order valence-electron chi connectivity index (χ3n) is 4.61. The Morgan fingerprint density at radius 2 is 1.87 bits per heavy atom. The van der Waals surface area contributed by atoms with E-state index in [1.54, 1.807) is 12.1 Å². The van der Waals surface area contributed by atoms with Crippen molar-refractivity contribution in [2.24, 2.45) is 5.10 Å². The van der Waals surface area contributed by atoms with Gasteiger partial charge >= 0.3 is 12.6 Å². The van der Waals surface area contributed by atoms with Gasteiger partial charge in [-0.05, 0) is 43.2 Å². The van der Waals surface area contributed by atoms with Crippen molar-refractivity contribution in [3.63, 3.8) is 0 Å². The second-order valence-electron chi connectivity index (χ2n) is 6.89. The number of hydrogen-bond donors (Lipinski definition) is 2.